The summed E-state index contributed by atoms with van der Waals surface area (Å²) >= 11 is 12.3. The van der Waals surface area contributed by atoms with Crippen LogP contribution in [0.3, 0.4) is 0 Å². The second-order valence-corrected chi connectivity index (χ2v) is 8.82. The third kappa shape index (κ3) is 4.77. The zero-order chi connectivity index (χ0) is 23.6. The zero-order valence-corrected chi connectivity index (χ0v) is 20.0. The number of aryl methyl sites for hydroxylation is 1. The van der Waals surface area contributed by atoms with Crippen LogP contribution in [0.4, 0.5) is 0 Å². The summed E-state index contributed by atoms with van der Waals surface area (Å²) in [6, 6.07) is 9.34. The average Bonchev–Trinajstić information content (AvgIpc) is 3.00. The summed E-state index contributed by atoms with van der Waals surface area (Å²) in [6.45, 7) is 2.90. The van der Waals surface area contributed by atoms with E-state index >= 15 is 0 Å². The van der Waals surface area contributed by atoms with Crippen LogP contribution in [0.1, 0.15) is 29.2 Å². The summed E-state index contributed by atoms with van der Waals surface area (Å²) < 4.78 is 5.23. The first-order chi connectivity index (χ1) is 15.1. The van der Waals surface area contributed by atoms with E-state index in [0.717, 1.165) is 6.54 Å². The first-order valence-corrected chi connectivity index (χ1v) is 10.9. The van der Waals surface area contributed by atoms with Crippen molar-refractivity contribution in [2.45, 2.75) is 19.4 Å². The molecule has 1 heterocycles. The Kier molecular flexibility index (Phi) is 7.49. The Morgan fingerprint density at radius 1 is 1.12 bits per heavy atom. The Labute approximate surface area is 198 Å². The quantitative estimate of drug-likeness (QED) is 0.356. The highest BCUT2D eigenvalue weighted by Crippen LogP contribution is 2.41. The van der Waals surface area contributed by atoms with E-state index < -0.39 is 17.7 Å². The molecule has 3 rings (SSSR count). The van der Waals surface area contributed by atoms with Crippen LogP contribution in [0.2, 0.25) is 10.0 Å². The average molecular weight is 477 g/mol. The summed E-state index contributed by atoms with van der Waals surface area (Å²) in [7, 11) is 5.44. The Bertz CT molecular complexity index is 1080. The molecule has 2 aromatic carbocycles. The molecule has 0 aliphatic carbocycles. The molecule has 8 heteroatoms. The number of methoxy groups -OCH3 is 1. The molecule has 2 aromatic rings. The first kappa shape index (κ1) is 24.1. The number of carbonyl (C=O) groups excluding carboxylic acids is 2. The summed E-state index contributed by atoms with van der Waals surface area (Å²) in [6.07, 6.45) is 0.666. The first-order valence-electron chi connectivity index (χ1n) is 10.2. The van der Waals surface area contributed by atoms with Crippen LogP contribution < -0.4 is 4.74 Å². The van der Waals surface area contributed by atoms with Gasteiger partial charge in [-0.3, -0.25) is 9.59 Å². The Balaban J connectivity index is 2.15. The number of halogens is 2. The SMILES string of the molecule is COc1ccc(/C(O)=C2\C(=O)C(=O)N(CCCN(C)C)C2c2ccc(Cl)c(Cl)c2)c(C)c1. The van der Waals surface area contributed by atoms with Crippen LogP contribution in [0.15, 0.2) is 42.0 Å². The summed E-state index contributed by atoms with van der Waals surface area (Å²) in [5, 5.41) is 11.9. The maximum absolute atomic E-state index is 13.1. The van der Waals surface area contributed by atoms with Gasteiger partial charge in [-0.2, -0.15) is 0 Å². The summed E-state index contributed by atoms with van der Waals surface area (Å²) in [5.74, 6) is -0.968. The highest BCUT2D eigenvalue weighted by atomic mass is 35.5. The third-order valence-electron chi connectivity index (χ3n) is 5.49. The van der Waals surface area contributed by atoms with Crippen molar-refractivity contribution in [3.63, 3.8) is 0 Å². The second-order valence-electron chi connectivity index (χ2n) is 8.00. The number of ketones is 1. The van der Waals surface area contributed by atoms with Crippen LogP contribution in [0.5, 0.6) is 5.75 Å². The van der Waals surface area contributed by atoms with Crippen LogP contribution in [0, 0.1) is 6.92 Å². The fourth-order valence-corrected chi connectivity index (χ4v) is 4.18. The molecule has 0 bridgehead atoms. The molecule has 32 heavy (non-hydrogen) atoms. The summed E-state index contributed by atoms with van der Waals surface area (Å²) in [4.78, 5) is 29.6. The minimum atomic E-state index is -0.770. The maximum Gasteiger partial charge on any atom is 0.295 e. The van der Waals surface area contributed by atoms with Gasteiger partial charge in [0.25, 0.3) is 11.7 Å². The smallest absolute Gasteiger partial charge is 0.295 e. The van der Waals surface area contributed by atoms with Crippen LogP contribution in [-0.2, 0) is 9.59 Å². The fraction of sp³-hybridized carbons (Fsp3) is 0.333. The minimum absolute atomic E-state index is 0.0338. The number of aliphatic hydroxyl groups excluding tert-OH is 1. The molecule has 1 saturated heterocycles. The normalized spacial score (nSPS) is 18.0. The van der Waals surface area contributed by atoms with E-state index in [2.05, 4.69) is 0 Å². The molecule has 0 spiro atoms. The molecule has 170 valence electrons. The Morgan fingerprint density at radius 3 is 2.44 bits per heavy atom. The predicted octanol–water partition coefficient (Wildman–Crippen LogP) is 4.68. The predicted molar refractivity (Wildman–Crippen MR) is 126 cm³/mol. The Morgan fingerprint density at radius 2 is 1.84 bits per heavy atom. The topological polar surface area (TPSA) is 70.1 Å². The second kappa shape index (κ2) is 9.94. The van der Waals surface area contributed by atoms with Crippen molar-refractivity contribution in [2.24, 2.45) is 0 Å². The molecule has 1 aliphatic rings. The molecule has 1 unspecified atom stereocenters. The van der Waals surface area contributed by atoms with E-state index in [1.54, 1.807) is 50.4 Å². The fourth-order valence-electron chi connectivity index (χ4n) is 3.87. The van der Waals surface area contributed by atoms with Gasteiger partial charge in [-0.05, 0) is 75.4 Å². The molecule has 0 aromatic heterocycles. The van der Waals surface area contributed by atoms with Gasteiger partial charge in [-0.15, -0.1) is 0 Å². The molecule has 1 atom stereocenters. The maximum atomic E-state index is 13.1. The number of hydrogen-bond donors (Lipinski definition) is 1. The molecule has 6 nitrogen and oxygen atoms in total. The van der Waals surface area contributed by atoms with Gasteiger partial charge in [0.2, 0.25) is 0 Å². The molecule has 0 saturated carbocycles. The molecule has 0 radical (unpaired) electrons. The number of benzene rings is 2. The van der Waals surface area contributed by atoms with E-state index in [0.29, 0.717) is 45.5 Å². The van der Waals surface area contributed by atoms with E-state index in [1.165, 1.54) is 4.90 Å². The highest BCUT2D eigenvalue weighted by molar-refractivity contribution is 6.47. The van der Waals surface area contributed by atoms with Gasteiger partial charge in [0.1, 0.15) is 11.5 Å². The lowest BCUT2D eigenvalue weighted by Crippen LogP contribution is -2.32. The number of nitrogens with zero attached hydrogens (tertiary/aromatic N) is 2. The minimum Gasteiger partial charge on any atom is -0.507 e. The number of Topliss-reactive ketones (excluding diaryl/α,β-unsaturated/α-hetero) is 1. The molecule has 1 N–H and O–H groups in total. The lowest BCUT2D eigenvalue weighted by atomic mass is 9.94. The number of likely N-dealkylation sites (tertiary alicyclic amines) is 1. The van der Waals surface area contributed by atoms with Gasteiger partial charge in [-0.25, -0.2) is 0 Å². The monoisotopic (exact) mass is 476 g/mol. The zero-order valence-electron chi connectivity index (χ0n) is 18.5. The number of carbonyl (C=O) groups is 2. The summed E-state index contributed by atoms with van der Waals surface area (Å²) in [5.41, 5.74) is 1.82. The van der Waals surface area contributed by atoms with Gasteiger partial charge in [-0.1, -0.05) is 29.3 Å². The number of rotatable bonds is 7. The standard InChI is InChI=1S/C24H26Cl2N2O4/c1-14-12-16(32-4)7-8-17(14)22(29)20-21(15-6-9-18(25)19(26)13-15)28(24(31)23(20)30)11-5-10-27(2)3/h6-9,12-13,21,29H,5,10-11H2,1-4H3/b22-20+. The van der Waals surface area contributed by atoms with E-state index in [-0.39, 0.29) is 11.3 Å². The van der Waals surface area contributed by atoms with Crippen molar-refractivity contribution >= 4 is 40.7 Å². The van der Waals surface area contributed by atoms with Crippen molar-refractivity contribution in [1.29, 1.82) is 0 Å². The molecule has 1 amide bonds. The van der Waals surface area contributed by atoms with Gasteiger partial charge < -0.3 is 19.6 Å². The van der Waals surface area contributed by atoms with Crippen molar-refractivity contribution in [3.8, 4) is 5.75 Å². The van der Waals surface area contributed by atoms with Gasteiger partial charge >= 0.3 is 0 Å². The Hall–Kier alpha value is -2.54. The van der Waals surface area contributed by atoms with Crippen LogP contribution in [-0.4, -0.2) is 60.9 Å². The number of amides is 1. The number of aliphatic hydroxyl groups is 1. The van der Waals surface area contributed by atoms with Gasteiger partial charge in [0.15, 0.2) is 0 Å². The molecular weight excluding hydrogens is 451 g/mol. The number of ether oxygens (including phenoxy) is 1. The number of hydrogen-bond acceptors (Lipinski definition) is 5. The molecular formula is C24H26Cl2N2O4. The van der Waals surface area contributed by atoms with Crippen molar-refractivity contribution < 1.29 is 19.4 Å². The van der Waals surface area contributed by atoms with Crippen LogP contribution in [0.25, 0.3) is 5.76 Å². The van der Waals surface area contributed by atoms with E-state index in [4.69, 9.17) is 27.9 Å². The highest BCUT2D eigenvalue weighted by Gasteiger charge is 2.46. The van der Waals surface area contributed by atoms with Gasteiger partial charge in [0, 0.05) is 12.1 Å². The third-order valence-corrected chi connectivity index (χ3v) is 6.23. The lowest BCUT2D eigenvalue weighted by Gasteiger charge is -2.26. The van der Waals surface area contributed by atoms with Crippen molar-refractivity contribution in [3.05, 3.63) is 68.7 Å². The largest absolute Gasteiger partial charge is 0.507 e. The van der Waals surface area contributed by atoms with E-state index in [9.17, 15) is 14.7 Å². The van der Waals surface area contributed by atoms with Crippen LogP contribution >= 0.6 is 23.2 Å². The van der Waals surface area contributed by atoms with Gasteiger partial charge in [0.05, 0.1) is 28.8 Å². The molecule has 1 aliphatic heterocycles. The lowest BCUT2D eigenvalue weighted by molar-refractivity contribution is -0.139. The van der Waals surface area contributed by atoms with Crippen molar-refractivity contribution in [1.82, 2.24) is 9.80 Å². The molecule has 1 fully saturated rings. The van der Waals surface area contributed by atoms with Crippen molar-refractivity contribution in [2.75, 3.05) is 34.3 Å². The van der Waals surface area contributed by atoms with E-state index in [1.807, 2.05) is 19.0 Å².